The number of thiophene rings is 1. The second-order valence-electron chi connectivity index (χ2n) is 17.1. The van der Waals surface area contributed by atoms with Crippen LogP contribution in [-0.4, -0.2) is 35.0 Å². The Morgan fingerprint density at radius 1 is 0.301 bits per heavy atom. The van der Waals surface area contributed by atoms with E-state index >= 15 is 0 Å². The van der Waals surface area contributed by atoms with Crippen molar-refractivity contribution >= 4 is 160 Å². The average molecular weight is 1120 g/mol. The minimum atomic E-state index is -3.13. The molecule has 0 amide bonds. The highest BCUT2D eigenvalue weighted by molar-refractivity contribution is 7.22. The lowest BCUT2D eigenvalue weighted by molar-refractivity contribution is 0.481. The maximum absolute atomic E-state index is 13.3. The maximum Gasteiger partial charge on any atom is 0.184 e. The molecule has 0 aliphatic carbocycles. The van der Waals surface area contributed by atoms with Crippen LogP contribution in [0.15, 0.2) is 255 Å². The zero-order chi connectivity index (χ0) is 51.0. The zero-order valence-electron chi connectivity index (χ0n) is 39.0. The first-order chi connectivity index (χ1) is 35.6. The molecule has 73 heavy (non-hydrogen) atoms. The van der Waals surface area contributed by atoms with Crippen molar-refractivity contribution in [1.82, 2.24) is 0 Å². The van der Waals surface area contributed by atoms with Gasteiger partial charge >= 0.3 is 0 Å². The molecule has 0 fully saturated rings. The van der Waals surface area contributed by atoms with Crippen molar-refractivity contribution in [2.45, 2.75) is 8.59 Å². The fraction of sp³-hybridized carbons (Fsp3) is 0.0323. The molecule has 11 heteroatoms. The summed E-state index contributed by atoms with van der Waals surface area (Å²) in [5.74, 6) is 0.568. The fourth-order valence-electron chi connectivity index (χ4n) is 10.4. The summed E-state index contributed by atoms with van der Waals surface area (Å²) >= 11 is 30.5. The van der Waals surface area contributed by atoms with Crippen molar-refractivity contribution in [3.8, 4) is 32.4 Å². The monoisotopic (exact) mass is 1120 g/mol. The number of alkyl halides is 6. The van der Waals surface area contributed by atoms with Crippen LogP contribution in [0, 0.1) is 0 Å². The molecule has 1 heterocycles. The van der Waals surface area contributed by atoms with Gasteiger partial charge in [0.1, 0.15) is 11.5 Å². The van der Waals surface area contributed by atoms with E-state index in [1.807, 2.05) is 0 Å². The van der Waals surface area contributed by atoms with Crippen LogP contribution in [0.1, 0.15) is 0 Å². The van der Waals surface area contributed by atoms with Gasteiger partial charge in [-0.15, -0.1) is 11.3 Å². The zero-order valence-corrected chi connectivity index (χ0v) is 46.3. The Morgan fingerprint density at radius 3 is 0.767 bits per heavy atom. The molecule has 0 bridgehead atoms. The van der Waals surface area contributed by atoms with E-state index in [4.69, 9.17) is 69.6 Å². The Morgan fingerprint density at radius 2 is 0.521 bits per heavy atom. The molecule has 0 aliphatic heterocycles. The lowest BCUT2D eigenvalue weighted by atomic mass is 10.0. The van der Waals surface area contributed by atoms with Gasteiger partial charge in [0.05, 0.1) is 0 Å². The third-order valence-corrected chi connectivity index (χ3v) is 23.9. The number of halogens is 6. The van der Waals surface area contributed by atoms with Crippen LogP contribution < -0.4 is 41.5 Å². The number of hydrogen-bond donors (Lipinski definition) is 2. The van der Waals surface area contributed by atoms with Crippen LogP contribution in [0.4, 0.5) is 0 Å². The molecule has 0 unspecified atom stereocenters. The molecule has 2 N–H and O–H groups in total. The predicted octanol–water partition coefficient (Wildman–Crippen LogP) is 13.5. The molecule has 10 aromatic carbocycles. The summed E-state index contributed by atoms with van der Waals surface area (Å²) < 4.78 is -1.50. The summed E-state index contributed by atoms with van der Waals surface area (Å²) in [6.07, 6.45) is 0. The number of phenolic OH excluding ortho intramolecular Hbond substituents is 2. The van der Waals surface area contributed by atoms with Crippen molar-refractivity contribution in [3.05, 3.63) is 255 Å². The Hall–Kier alpha value is -5.81. The number of hydrogen-bond acceptors (Lipinski definition) is 3. The van der Waals surface area contributed by atoms with Crippen LogP contribution in [0.3, 0.4) is 0 Å². The Kier molecular flexibility index (Phi) is 16.8. The van der Waals surface area contributed by atoms with Crippen LogP contribution in [0.5, 0.6) is 11.5 Å². The summed E-state index contributed by atoms with van der Waals surface area (Å²) in [7, 11) is -6.27. The van der Waals surface area contributed by atoms with Gasteiger partial charge in [0.15, 0.2) is 24.7 Å². The van der Waals surface area contributed by atoms with E-state index in [1.54, 1.807) is 11.3 Å². The lowest BCUT2D eigenvalue weighted by Gasteiger charge is -2.35. The van der Waals surface area contributed by atoms with E-state index < -0.39 is 24.7 Å². The minimum Gasteiger partial charge on any atom is -0.507 e. The number of aromatic hydroxyl groups is 2. The highest BCUT2D eigenvalue weighted by Gasteiger charge is 2.46. The van der Waals surface area contributed by atoms with E-state index in [-0.39, 0.29) is 11.5 Å². The van der Waals surface area contributed by atoms with E-state index in [2.05, 4.69) is 255 Å². The van der Waals surface area contributed by atoms with Gasteiger partial charge in [-0.3, -0.25) is 0 Å². The lowest BCUT2D eigenvalue weighted by Crippen LogP contribution is -2.74. The molecule has 0 atom stereocenters. The summed E-state index contributed by atoms with van der Waals surface area (Å²) in [4.78, 5) is 1.86. The molecule has 0 spiro atoms. The molecule has 1 aromatic heterocycles. The SMILES string of the molecule is ClC(Cl)Cl.ClC(Cl)Cl.Oc1c([Si](c2ccccc2)(c2ccccc2)c2ccccc2)cc2ccccc2c1-c1ccc(-c2c(O)c([Si](c3ccccc3)(c3ccccc3)c3ccccc3)cc3ccccc23)s1. The molecular formula is C62H46Cl6O2SSi2. The maximum atomic E-state index is 13.3. The summed E-state index contributed by atoms with van der Waals surface area (Å²) in [6, 6.07) is 90.2. The second kappa shape index (κ2) is 23.6. The first-order valence-electron chi connectivity index (χ1n) is 23.3. The molecule has 11 rings (SSSR count). The van der Waals surface area contributed by atoms with Gasteiger partial charge in [-0.25, -0.2) is 0 Å². The molecule has 0 radical (unpaired) electrons. The largest absolute Gasteiger partial charge is 0.507 e. The van der Waals surface area contributed by atoms with Crippen molar-refractivity contribution in [1.29, 1.82) is 0 Å². The third kappa shape index (κ3) is 10.5. The van der Waals surface area contributed by atoms with Gasteiger partial charge in [-0.1, -0.05) is 312 Å². The highest BCUT2D eigenvalue weighted by atomic mass is 35.6. The number of fused-ring (bicyclic) bond motifs is 2. The molecule has 11 aromatic rings. The van der Waals surface area contributed by atoms with E-state index in [0.717, 1.165) is 52.8 Å². The Labute approximate surface area is 462 Å². The summed E-state index contributed by atoms with van der Waals surface area (Å²) in [6.45, 7) is 0. The molecular weight excluding hydrogens is 1080 g/mol. The molecule has 0 saturated carbocycles. The van der Waals surface area contributed by atoms with Crippen LogP contribution in [0.2, 0.25) is 0 Å². The van der Waals surface area contributed by atoms with Crippen molar-refractivity contribution in [2.75, 3.05) is 0 Å². The fourth-order valence-corrected chi connectivity index (χ4v) is 21.3. The van der Waals surface area contributed by atoms with Crippen molar-refractivity contribution in [3.63, 3.8) is 0 Å². The van der Waals surface area contributed by atoms with E-state index in [1.165, 1.54) is 31.1 Å². The number of phenols is 2. The normalized spacial score (nSPS) is 11.5. The number of benzene rings is 10. The average Bonchev–Trinajstić information content (AvgIpc) is 3.90. The molecule has 0 aliphatic rings. The second-order valence-corrected chi connectivity index (χ2v) is 29.7. The van der Waals surface area contributed by atoms with Gasteiger partial charge in [0.2, 0.25) is 0 Å². The first-order valence-corrected chi connectivity index (χ1v) is 30.8. The summed E-state index contributed by atoms with van der Waals surface area (Å²) in [5, 5.41) is 39.7. The van der Waals surface area contributed by atoms with E-state index in [9.17, 15) is 10.2 Å². The van der Waals surface area contributed by atoms with Crippen molar-refractivity contribution in [2.24, 2.45) is 0 Å². The molecule has 362 valence electrons. The quantitative estimate of drug-likeness (QED) is 0.0814. The topological polar surface area (TPSA) is 40.5 Å². The first kappa shape index (κ1) is 52.1. The van der Waals surface area contributed by atoms with Gasteiger partial charge in [-0.05, 0) is 75.2 Å². The predicted molar refractivity (Wildman–Crippen MR) is 323 cm³/mol. The smallest absolute Gasteiger partial charge is 0.184 e. The Bertz CT molecular complexity index is 3140. The Balaban J connectivity index is 0.000000766. The minimum absolute atomic E-state index is 0.284. The van der Waals surface area contributed by atoms with Gasteiger partial charge in [-0.2, -0.15) is 0 Å². The van der Waals surface area contributed by atoms with Gasteiger partial charge in [0.25, 0.3) is 0 Å². The van der Waals surface area contributed by atoms with E-state index in [0.29, 0.717) is 0 Å². The van der Waals surface area contributed by atoms with Crippen LogP contribution >= 0.6 is 80.9 Å². The van der Waals surface area contributed by atoms with Gasteiger partial charge in [0, 0.05) is 20.9 Å². The molecule has 0 saturated heterocycles. The van der Waals surface area contributed by atoms with Crippen LogP contribution in [0.25, 0.3) is 42.4 Å². The van der Waals surface area contributed by atoms with Crippen molar-refractivity contribution < 1.29 is 10.2 Å². The molecule has 2 nitrogen and oxygen atoms in total. The highest BCUT2D eigenvalue weighted by Crippen LogP contribution is 2.46. The van der Waals surface area contributed by atoms with Crippen LogP contribution in [-0.2, 0) is 0 Å². The van der Waals surface area contributed by atoms with Gasteiger partial charge < -0.3 is 10.2 Å². The standard InChI is InChI=1S/C60H44O2SSi2.2CHCl3/c61-59-55(64(45-25-7-1-8-26-45,46-27-9-2-10-28-46)47-29-11-3-12-30-47)41-43-23-19-21-37-51(43)57(59)53-39-40-54(63-53)58-52-38-22-20-24-44(52)42-56(60(58)62)65(48-31-13-4-14-32-48,49-33-15-5-16-34-49)50-35-17-6-18-36-50;2*2-1(3)4/h1-42,61-62H;2*1H. The number of rotatable bonds is 10. The summed E-state index contributed by atoms with van der Waals surface area (Å²) in [5.41, 5.74) is 1.60. The third-order valence-electron chi connectivity index (χ3n) is 13.2.